The molecule has 0 aromatic heterocycles. The summed E-state index contributed by atoms with van der Waals surface area (Å²) in [5.74, 6) is -2.58. The number of benzene rings is 1. The Morgan fingerprint density at radius 3 is 2.64 bits per heavy atom. The molecule has 1 aromatic carbocycles. The van der Waals surface area contributed by atoms with E-state index in [4.69, 9.17) is 18.9 Å². The number of hydrogen-bond acceptors (Lipinski definition) is 6. The van der Waals surface area contributed by atoms with Crippen LogP contribution in [0.1, 0.15) is 43.0 Å². The molecule has 4 atom stereocenters. The van der Waals surface area contributed by atoms with Crippen molar-refractivity contribution in [1.29, 1.82) is 0 Å². The van der Waals surface area contributed by atoms with E-state index in [1.54, 1.807) is 37.3 Å². The standard InChI is InChI=1S/C19H20O6/c1-12-11-16(20)19(25-17(21)13-7-3-2-4-8-13)18(22-12)23-14-9-5-6-10-15(14)24-19/h2-4,7-8,11,14-15,18H,5-6,9-10H2,1H3/t14-,15-,18-,19+/m0/s1. The maximum atomic E-state index is 12.8. The SMILES string of the molecule is CC1=CC(=O)[C@]2(OC(=O)c3ccccc3)O[C@H]3CCCC[C@@H]3O[C@@H]2O1. The second-order valence-corrected chi connectivity index (χ2v) is 6.61. The predicted molar refractivity (Wildman–Crippen MR) is 86.4 cm³/mol. The lowest BCUT2D eigenvalue weighted by Gasteiger charge is -2.49. The molecule has 0 radical (unpaired) electrons. The monoisotopic (exact) mass is 344 g/mol. The molecular weight excluding hydrogens is 324 g/mol. The zero-order valence-corrected chi connectivity index (χ0v) is 14.0. The van der Waals surface area contributed by atoms with Crippen LogP contribution in [0.25, 0.3) is 0 Å². The van der Waals surface area contributed by atoms with Gasteiger partial charge in [0.05, 0.1) is 17.8 Å². The summed E-state index contributed by atoms with van der Waals surface area (Å²) >= 11 is 0. The Morgan fingerprint density at radius 2 is 1.88 bits per heavy atom. The van der Waals surface area contributed by atoms with Gasteiger partial charge in [-0.05, 0) is 31.9 Å². The maximum absolute atomic E-state index is 12.8. The lowest BCUT2D eigenvalue weighted by molar-refractivity contribution is -0.383. The van der Waals surface area contributed by atoms with Crippen LogP contribution in [0.4, 0.5) is 0 Å². The Balaban J connectivity index is 1.66. The molecule has 6 nitrogen and oxygen atoms in total. The first-order chi connectivity index (χ1) is 12.1. The van der Waals surface area contributed by atoms with Gasteiger partial charge in [0.15, 0.2) is 0 Å². The number of fused-ring (bicyclic) bond motifs is 2. The highest BCUT2D eigenvalue weighted by Gasteiger charge is 2.61. The van der Waals surface area contributed by atoms with Gasteiger partial charge in [-0.25, -0.2) is 4.79 Å². The summed E-state index contributed by atoms with van der Waals surface area (Å²) < 4.78 is 23.3. The second-order valence-electron chi connectivity index (χ2n) is 6.61. The van der Waals surface area contributed by atoms with Gasteiger partial charge in [0.25, 0.3) is 6.29 Å². The van der Waals surface area contributed by atoms with Crippen LogP contribution in [0, 0.1) is 0 Å². The zero-order valence-electron chi connectivity index (χ0n) is 14.0. The summed E-state index contributed by atoms with van der Waals surface area (Å²) in [6, 6.07) is 8.49. The van der Waals surface area contributed by atoms with Gasteiger partial charge in [-0.2, -0.15) is 0 Å². The normalized spacial score (nSPS) is 34.2. The fraction of sp³-hybridized carbons (Fsp3) is 0.474. The van der Waals surface area contributed by atoms with Crippen LogP contribution in [-0.2, 0) is 23.7 Å². The fourth-order valence-electron chi connectivity index (χ4n) is 3.54. The summed E-state index contributed by atoms with van der Waals surface area (Å²) in [4.78, 5) is 25.3. The highest BCUT2D eigenvalue weighted by atomic mass is 16.8. The van der Waals surface area contributed by atoms with Crippen molar-refractivity contribution in [3.05, 3.63) is 47.7 Å². The Kier molecular flexibility index (Phi) is 4.09. The molecule has 2 heterocycles. The maximum Gasteiger partial charge on any atom is 0.341 e. The van der Waals surface area contributed by atoms with Crippen LogP contribution in [0.15, 0.2) is 42.2 Å². The van der Waals surface area contributed by atoms with E-state index in [0.717, 1.165) is 25.7 Å². The molecule has 0 bridgehead atoms. The van der Waals surface area contributed by atoms with E-state index in [0.29, 0.717) is 11.3 Å². The van der Waals surface area contributed by atoms with Gasteiger partial charge < -0.3 is 18.9 Å². The molecule has 1 saturated heterocycles. The number of esters is 1. The molecule has 2 aliphatic heterocycles. The average Bonchev–Trinajstić information content (AvgIpc) is 2.62. The van der Waals surface area contributed by atoms with Crippen LogP contribution < -0.4 is 0 Å². The molecule has 25 heavy (non-hydrogen) atoms. The summed E-state index contributed by atoms with van der Waals surface area (Å²) in [6.45, 7) is 1.66. The lowest BCUT2D eigenvalue weighted by Crippen LogP contribution is -2.66. The van der Waals surface area contributed by atoms with E-state index in [9.17, 15) is 9.59 Å². The van der Waals surface area contributed by atoms with Crippen molar-refractivity contribution in [1.82, 2.24) is 0 Å². The van der Waals surface area contributed by atoms with E-state index < -0.39 is 23.8 Å². The van der Waals surface area contributed by atoms with Crippen LogP contribution in [0.2, 0.25) is 0 Å². The minimum Gasteiger partial charge on any atom is -0.462 e. The Labute approximate surface area is 145 Å². The average molecular weight is 344 g/mol. The topological polar surface area (TPSA) is 71.1 Å². The molecule has 0 amide bonds. The number of allylic oxidation sites excluding steroid dienone is 1. The van der Waals surface area contributed by atoms with Gasteiger partial charge in [0.1, 0.15) is 5.76 Å². The molecular formula is C19H20O6. The van der Waals surface area contributed by atoms with Gasteiger partial charge in [0, 0.05) is 6.08 Å². The molecule has 4 rings (SSSR count). The molecule has 1 saturated carbocycles. The molecule has 3 aliphatic rings. The second kappa shape index (κ2) is 6.28. The Hall–Kier alpha value is -2.18. The number of hydrogen-bond donors (Lipinski definition) is 0. The van der Waals surface area contributed by atoms with E-state index >= 15 is 0 Å². The molecule has 0 N–H and O–H groups in total. The first-order valence-corrected chi connectivity index (χ1v) is 8.59. The lowest BCUT2D eigenvalue weighted by atomic mass is 9.92. The van der Waals surface area contributed by atoms with Gasteiger partial charge in [-0.15, -0.1) is 0 Å². The predicted octanol–water partition coefficient (Wildman–Crippen LogP) is 2.73. The smallest absolute Gasteiger partial charge is 0.341 e. The van der Waals surface area contributed by atoms with Crippen LogP contribution in [-0.4, -0.2) is 36.0 Å². The van der Waals surface area contributed by atoms with E-state index in [1.165, 1.54) is 6.08 Å². The van der Waals surface area contributed by atoms with Gasteiger partial charge >= 0.3 is 11.8 Å². The number of carbonyl (C=O) groups excluding carboxylic acids is 2. The number of carbonyl (C=O) groups is 2. The summed E-state index contributed by atoms with van der Waals surface area (Å²) in [5, 5.41) is 0. The van der Waals surface area contributed by atoms with Gasteiger partial charge in [-0.3, -0.25) is 4.79 Å². The van der Waals surface area contributed by atoms with E-state index in [1.807, 2.05) is 0 Å². The fourth-order valence-corrected chi connectivity index (χ4v) is 3.54. The number of ketones is 1. The molecule has 2 fully saturated rings. The van der Waals surface area contributed by atoms with Crippen molar-refractivity contribution in [2.24, 2.45) is 0 Å². The Morgan fingerprint density at radius 1 is 1.16 bits per heavy atom. The molecule has 132 valence electrons. The molecule has 6 heteroatoms. The summed E-state index contributed by atoms with van der Waals surface area (Å²) in [6.07, 6.45) is 3.40. The molecule has 1 aliphatic carbocycles. The highest BCUT2D eigenvalue weighted by molar-refractivity contribution is 6.00. The largest absolute Gasteiger partial charge is 0.462 e. The third-order valence-corrected chi connectivity index (χ3v) is 4.80. The summed E-state index contributed by atoms with van der Waals surface area (Å²) in [5.41, 5.74) is 0.337. The van der Waals surface area contributed by atoms with Gasteiger partial charge in [0.2, 0.25) is 5.78 Å². The van der Waals surface area contributed by atoms with Crippen molar-refractivity contribution in [3.63, 3.8) is 0 Å². The van der Waals surface area contributed by atoms with Crippen LogP contribution in [0.3, 0.4) is 0 Å². The first kappa shape index (κ1) is 16.3. The van der Waals surface area contributed by atoms with Crippen molar-refractivity contribution < 1.29 is 28.5 Å². The quantitative estimate of drug-likeness (QED) is 0.768. The minimum absolute atomic E-state index is 0.152. The number of rotatable bonds is 2. The highest BCUT2D eigenvalue weighted by Crippen LogP contribution is 2.41. The number of ether oxygens (including phenoxy) is 4. The van der Waals surface area contributed by atoms with Crippen molar-refractivity contribution in [2.45, 2.75) is 56.9 Å². The Bertz CT molecular complexity index is 712. The molecule has 0 spiro atoms. The molecule has 0 unspecified atom stereocenters. The summed E-state index contributed by atoms with van der Waals surface area (Å²) in [7, 11) is 0. The molecule has 1 aromatic rings. The van der Waals surface area contributed by atoms with Crippen molar-refractivity contribution in [3.8, 4) is 0 Å². The first-order valence-electron chi connectivity index (χ1n) is 8.59. The van der Waals surface area contributed by atoms with Gasteiger partial charge in [-0.1, -0.05) is 31.0 Å². The van der Waals surface area contributed by atoms with E-state index in [2.05, 4.69) is 0 Å². The van der Waals surface area contributed by atoms with Crippen LogP contribution in [0.5, 0.6) is 0 Å². The zero-order chi connectivity index (χ0) is 17.4. The van der Waals surface area contributed by atoms with Crippen molar-refractivity contribution in [2.75, 3.05) is 0 Å². The minimum atomic E-state index is -1.88. The van der Waals surface area contributed by atoms with Crippen LogP contribution >= 0.6 is 0 Å². The third kappa shape index (κ3) is 2.85. The van der Waals surface area contributed by atoms with E-state index in [-0.39, 0.29) is 12.2 Å². The third-order valence-electron chi connectivity index (χ3n) is 4.80. The van der Waals surface area contributed by atoms with Crippen molar-refractivity contribution >= 4 is 11.8 Å².